The Morgan fingerprint density at radius 3 is 2.47 bits per heavy atom. The molecule has 1 aromatic rings. The Labute approximate surface area is 114 Å². The molecule has 1 aromatic carbocycles. The quantitative estimate of drug-likeness (QED) is 0.620. The summed E-state index contributed by atoms with van der Waals surface area (Å²) in [5.74, 6) is -1.30. The van der Waals surface area contributed by atoms with Gasteiger partial charge in [-0.15, -0.1) is 0 Å². The van der Waals surface area contributed by atoms with Gasteiger partial charge >= 0.3 is 5.97 Å². The van der Waals surface area contributed by atoms with Gasteiger partial charge in [0.15, 0.2) is 5.78 Å². The lowest BCUT2D eigenvalue weighted by Crippen LogP contribution is -2.36. The molecule has 0 heterocycles. The van der Waals surface area contributed by atoms with Crippen molar-refractivity contribution >= 4 is 11.8 Å². The Kier molecular flexibility index (Phi) is 3.48. The third-order valence-electron chi connectivity index (χ3n) is 3.39. The van der Waals surface area contributed by atoms with E-state index in [0.29, 0.717) is 0 Å². The molecule has 0 radical (unpaired) electrons. The SMILES string of the molecule is CC(C(=O)OC(C)(C)C)C(=O)C1Cc2ccccc21. The first-order valence-corrected chi connectivity index (χ1v) is 6.64. The number of carbonyl (C=O) groups excluding carboxylic acids is 2. The van der Waals surface area contributed by atoms with Crippen molar-refractivity contribution < 1.29 is 14.3 Å². The number of carbonyl (C=O) groups is 2. The van der Waals surface area contributed by atoms with Crippen LogP contribution in [0.4, 0.5) is 0 Å². The van der Waals surface area contributed by atoms with Gasteiger partial charge < -0.3 is 4.74 Å². The van der Waals surface area contributed by atoms with Crippen molar-refractivity contribution in [2.45, 2.75) is 45.6 Å². The lowest BCUT2D eigenvalue weighted by Gasteiger charge is -2.31. The van der Waals surface area contributed by atoms with E-state index >= 15 is 0 Å². The fourth-order valence-corrected chi connectivity index (χ4v) is 2.32. The molecule has 0 fully saturated rings. The lowest BCUT2D eigenvalue weighted by molar-refractivity contribution is -0.161. The summed E-state index contributed by atoms with van der Waals surface area (Å²) in [5.41, 5.74) is 1.71. The highest BCUT2D eigenvalue weighted by atomic mass is 16.6. The molecule has 0 saturated carbocycles. The number of hydrogen-bond donors (Lipinski definition) is 0. The minimum atomic E-state index is -0.697. The second kappa shape index (κ2) is 4.80. The van der Waals surface area contributed by atoms with Crippen molar-refractivity contribution in [3.8, 4) is 0 Å². The number of fused-ring (bicyclic) bond motifs is 1. The number of rotatable bonds is 3. The first-order valence-electron chi connectivity index (χ1n) is 6.64. The van der Waals surface area contributed by atoms with E-state index in [1.54, 1.807) is 27.7 Å². The van der Waals surface area contributed by atoms with Gasteiger partial charge in [0.1, 0.15) is 11.5 Å². The van der Waals surface area contributed by atoms with Crippen molar-refractivity contribution in [1.29, 1.82) is 0 Å². The van der Waals surface area contributed by atoms with Gasteiger partial charge in [-0.2, -0.15) is 0 Å². The van der Waals surface area contributed by atoms with Crippen molar-refractivity contribution in [3.05, 3.63) is 35.4 Å². The van der Waals surface area contributed by atoms with E-state index in [-0.39, 0.29) is 11.7 Å². The summed E-state index contributed by atoms with van der Waals surface area (Å²) in [7, 11) is 0. The highest BCUT2D eigenvalue weighted by Crippen LogP contribution is 2.37. The third kappa shape index (κ3) is 2.86. The van der Waals surface area contributed by atoms with Crippen LogP contribution in [0.1, 0.15) is 44.7 Å². The molecule has 0 bridgehead atoms. The molecule has 0 aromatic heterocycles. The summed E-state index contributed by atoms with van der Waals surface area (Å²) >= 11 is 0. The predicted molar refractivity (Wildman–Crippen MR) is 72.9 cm³/mol. The highest BCUT2D eigenvalue weighted by molar-refractivity contribution is 6.03. The minimum Gasteiger partial charge on any atom is -0.459 e. The van der Waals surface area contributed by atoms with E-state index in [2.05, 4.69) is 0 Å². The summed E-state index contributed by atoms with van der Waals surface area (Å²) in [6.45, 7) is 7.06. The normalized spacial score (nSPS) is 19.1. The molecule has 2 rings (SSSR count). The van der Waals surface area contributed by atoms with Crippen molar-refractivity contribution in [3.63, 3.8) is 0 Å². The molecule has 3 nitrogen and oxygen atoms in total. The second-order valence-electron chi connectivity index (χ2n) is 6.11. The van der Waals surface area contributed by atoms with Crippen LogP contribution in [0.5, 0.6) is 0 Å². The fourth-order valence-electron chi connectivity index (χ4n) is 2.32. The lowest BCUT2D eigenvalue weighted by atomic mass is 9.72. The smallest absolute Gasteiger partial charge is 0.316 e. The molecule has 102 valence electrons. The molecule has 3 heteroatoms. The van der Waals surface area contributed by atoms with E-state index in [9.17, 15) is 9.59 Å². The Morgan fingerprint density at radius 1 is 1.26 bits per heavy atom. The number of Topliss-reactive ketones (excluding diaryl/α,β-unsaturated/α-hetero) is 1. The minimum absolute atomic E-state index is 0.0343. The zero-order valence-corrected chi connectivity index (χ0v) is 11.9. The van der Waals surface area contributed by atoms with Gasteiger partial charge in [0.05, 0.1) is 0 Å². The molecule has 0 amide bonds. The van der Waals surface area contributed by atoms with Crippen LogP contribution in [0.3, 0.4) is 0 Å². The maximum atomic E-state index is 12.3. The van der Waals surface area contributed by atoms with Gasteiger partial charge in [-0.25, -0.2) is 0 Å². The molecule has 1 aliphatic carbocycles. The van der Waals surface area contributed by atoms with E-state index in [4.69, 9.17) is 4.74 Å². The molecule has 2 atom stereocenters. The van der Waals surface area contributed by atoms with Crippen molar-refractivity contribution in [1.82, 2.24) is 0 Å². The molecule has 1 aliphatic rings. The van der Waals surface area contributed by atoms with E-state index in [1.165, 1.54) is 5.56 Å². The van der Waals surface area contributed by atoms with Crippen LogP contribution >= 0.6 is 0 Å². The van der Waals surface area contributed by atoms with Gasteiger partial charge in [0, 0.05) is 5.92 Å². The van der Waals surface area contributed by atoms with Crippen LogP contribution in [0.2, 0.25) is 0 Å². The van der Waals surface area contributed by atoms with Gasteiger partial charge in [-0.1, -0.05) is 24.3 Å². The molecule has 0 saturated heterocycles. The fraction of sp³-hybridized carbons (Fsp3) is 0.500. The highest BCUT2D eigenvalue weighted by Gasteiger charge is 2.38. The summed E-state index contributed by atoms with van der Waals surface area (Å²) in [5, 5.41) is 0. The van der Waals surface area contributed by atoms with Gasteiger partial charge in [-0.3, -0.25) is 9.59 Å². The third-order valence-corrected chi connectivity index (χ3v) is 3.39. The molecular weight excluding hydrogens is 240 g/mol. The molecule has 0 spiro atoms. The summed E-state index contributed by atoms with van der Waals surface area (Å²) in [4.78, 5) is 24.2. The van der Waals surface area contributed by atoms with Gasteiger partial charge in [0.25, 0.3) is 0 Å². The van der Waals surface area contributed by atoms with Gasteiger partial charge in [-0.05, 0) is 45.2 Å². The maximum Gasteiger partial charge on any atom is 0.316 e. The Morgan fingerprint density at radius 2 is 1.89 bits per heavy atom. The van der Waals surface area contributed by atoms with Crippen molar-refractivity contribution in [2.24, 2.45) is 5.92 Å². The summed E-state index contributed by atoms with van der Waals surface area (Å²) < 4.78 is 5.27. The molecule has 0 N–H and O–H groups in total. The monoisotopic (exact) mass is 260 g/mol. The van der Waals surface area contributed by atoms with Crippen LogP contribution < -0.4 is 0 Å². The number of esters is 1. The predicted octanol–water partition coefficient (Wildman–Crippen LogP) is 2.87. The number of hydrogen-bond acceptors (Lipinski definition) is 3. The number of benzene rings is 1. The number of ketones is 1. The average Bonchev–Trinajstić information content (AvgIpc) is 2.27. The maximum absolute atomic E-state index is 12.3. The second-order valence-corrected chi connectivity index (χ2v) is 6.11. The molecule has 19 heavy (non-hydrogen) atoms. The molecule has 0 aliphatic heterocycles. The molecule has 2 unspecified atom stereocenters. The Bertz CT molecular complexity index is 511. The number of ether oxygens (including phenoxy) is 1. The summed E-state index contributed by atoms with van der Waals surface area (Å²) in [6.07, 6.45) is 0.738. The average molecular weight is 260 g/mol. The first kappa shape index (κ1) is 13.8. The van der Waals surface area contributed by atoms with Crippen LogP contribution in [-0.2, 0) is 20.7 Å². The van der Waals surface area contributed by atoms with Crippen LogP contribution in [0.15, 0.2) is 24.3 Å². The molecular formula is C16H20O3. The van der Waals surface area contributed by atoms with E-state index in [1.807, 2.05) is 24.3 Å². The first-order chi connectivity index (χ1) is 8.79. The largest absolute Gasteiger partial charge is 0.459 e. The topological polar surface area (TPSA) is 43.4 Å². The van der Waals surface area contributed by atoms with Crippen LogP contribution in [0.25, 0.3) is 0 Å². The Balaban J connectivity index is 2.04. The zero-order chi connectivity index (χ0) is 14.2. The Hall–Kier alpha value is -1.64. The van der Waals surface area contributed by atoms with Gasteiger partial charge in [0.2, 0.25) is 0 Å². The van der Waals surface area contributed by atoms with E-state index < -0.39 is 17.5 Å². The standard InChI is InChI=1S/C16H20O3/c1-10(15(18)19-16(2,3)4)14(17)13-9-11-7-5-6-8-12(11)13/h5-8,10,13H,9H2,1-4H3. The van der Waals surface area contributed by atoms with Crippen molar-refractivity contribution in [2.75, 3.05) is 0 Å². The van der Waals surface area contributed by atoms with Crippen LogP contribution in [-0.4, -0.2) is 17.4 Å². The van der Waals surface area contributed by atoms with E-state index in [0.717, 1.165) is 12.0 Å². The summed E-state index contributed by atoms with van der Waals surface area (Å²) in [6, 6.07) is 7.88. The zero-order valence-electron chi connectivity index (χ0n) is 11.9. The van der Waals surface area contributed by atoms with Crippen LogP contribution in [0, 0.1) is 5.92 Å².